The number of ether oxygens (including phenoxy) is 2. The minimum Gasteiger partial charge on any atom is -0.497 e. The Morgan fingerprint density at radius 3 is 2.79 bits per heavy atom. The van der Waals surface area contributed by atoms with E-state index in [-0.39, 0.29) is 5.56 Å². The molecule has 1 saturated heterocycles. The summed E-state index contributed by atoms with van der Waals surface area (Å²) in [6.45, 7) is 4.16. The van der Waals surface area contributed by atoms with Gasteiger partial charge in [0.25, 0.3) is 5.56 Å². The largest absolute Gasteiger partial charge is 0.497 e. The Labute approximate surface area is 194 Å². The van der Waals surface area contributed by atoms with Crippen LogP contribution in [0.5, 0.6) is 5.75 Å². The quantitative estimate of drug-likeness (QED) is 0.432. The highest BCUT2D eigenvalue weighted by Gasteiger charge is 2.24. The molecule has 0 spiro atoms. The van der Waals surface area contributed by atoms with Crippen LogP contribution >= 0.6 is 11.3 Å². The zero-order valence-corrected chi connectivity index (χ0v) is 19.7. The van der Waals surface area contributed by atoms with Crippen LogP contribution in [0.2, 0.25) is 0 Å². The van der Waals surface area contributed by atoms with Crippen LogP contribution in [-0.4, -0.2) is 53.1 Å². The van der Waals surface area contributed by atoms with Gasteiger partial charge in [-0.2, -0.15) is 0 Å². The summed E-state index contributed by atoms with van der Waals surface area (Å²) in [7, 11) is 3.03. The first-order valence-electron chi connectivity index (χ1n) is 11.0. The number of benzene rings is 1. The number of methoxy groups -OCH3 is 2. The lowest BCUT2D eigenvalue weighted by Crippen LogP contribution is -2.33. The topological polar surface area (TPSA) is 100 Å². The van der Waals surface area contributed by atoms with E-state index >= 15 is 0 Å². The Morgan fingerprint density at radius 2 is 2.06 bits per heavy atom. The maximum absolute atomic E-state index is 12.7. The number of carbonyl (C=O) groups excluding carboxylic acids is 1. The number of rotatable bonds is 5. The van der Waals surface area contributed by atoms with Crippen LogP contribution in [0.1, 0.15) is 45.4 Å². The number of likely N-dealkylation sites (tertiary alicyclic amines) is 1. The third-order valence-corrected chi connectivity index (χ3v) is 7.71. The van der Waals surface area contributed by atoms with Gasteiger partial charge in [0.2, 0.25) is 0 Å². The number of piperidine rings is 1. The summed E-state index contributed by atoms with van der Waals surface area (Å²) in [6.07, 6.45) is 4.18. The van der Waals surface area contributed by atoms with Gasteiger partial charge < -0.3 is 19.4 Å². The van der Waals surface area contributed by atoms with Crippen LogP contribution in [-0.2, 0) is 11.3 Å². The molecule has 4 aromatic rings. The van der Waals surface area contributed by atoms with E-state index in [1.54, 1.807) is 14.0 Å². The van der Waals surface area contributed by atoms with Gasteiger partial charge >= 0.3 is 5.97 Å². The van der Waals surface area contributed by atoms with Crippen molar-refractivity contribution in [2.45, 2.75) is 32.2 Å². The van der Waals surface area contributed by atoms with E-state index in [0.29, 0.717) is 38.9 Å². The fraction of sp³-hybridized carbons (Fsp3) is 0.375. The normalized spacial score (nSPS) is 15.4. The van der Waals surface area contributed by atoms with Crippen molar-refractivity contribution < 1.29 is 14.3 Å². The van der Waals surface area contributed by atoms with Gasteiger partial charge in [-0.05, 0) is 68.1 Å². The fourth-order valence-corrected chi connectivity index (χ4v) is 5.87. The summed E-state index contributed by atoms with van der Waals surface area (Å²) in [6, 6.07) is 6.13. The number of H-pyrrole nitrogens is 2. The summed E-state index contributed by atoms with van der Waals surface area (Å²) in [5.41, 5.74) is 2.88. The minimum atomic E-state index is -0.437. The van der Waals surface area contributed by atoms with Crippen molar-refractivity contribution in [1.29, 1.82) is 0 Å². The Hall–Kier alpha value is -3.17. The number of esters is 1. The molecule has 2 N–H and O–H groups in total. The molecule has 0 radical (unpaired) electrons. The van der Waals surface area contributed by atoms with E-state index in [0.717, 1.165) is 37.2 Å². The molecule has 8 nitrogen and oxygen atoms in total. The highest BCUT2D eigenvalue weighted by molar-refractivity contribution is 7.20. The lowest BCUT2D eigenvalue weighted by Gasteiger charge is -2.31. The van der Waals surface area contributed by atoms with Crippen molar-refractivity contribution >= 4 is 38.4 Å². The van der Waals surface area contributed by atoms with Crippen LogP contribution in [0.25, 0.3) is 21.1 Å². The van der Waals surface area contributed by atoms with Gasteiger partial charge in [0, 0.05) is 17.1 Å². The van der Waals surface area contributed by atoms with E-state index in [9.17, 15) is 9.59 Å². The average molecular weight is 467 g/mol. The van der Waals surface area contributed by atoms with Crippen molar-refractivity contribution in [2.24, 2.45) is 0 Å². The monoisotopic (exact) mass is 466 g/mol. The fourth-order valence-electron chi connectivity index (χ4n) is 4.75. The number of nitrogens with one attached hydrogen (secondary N) is 2. The summed E-state index contributed by atoms with van der Waals surface area (Å²) in [4.78, 5) is 39.0. The summed E-state index contributed by atoms with van der Waals surface area (Å²) < 4.78 is 10.2. The molecule has 1 fully saturated rings. The van der Waals surface area contributed by atoms with Crippen LogP contribution in [0.15, 0.2) is 29.2 Å². The molecule has 1 aliphatic rings. The molecule has 0 amide bonds. The second-order valence-electron chi connectivity index (χ2n) is 8.45. The van der Waals surface area contributed by atoms with E-state index in [4.69, 9.17) is 9.47 Å². The average Bonchev–Trinajstić information content (AvgIpc) is 3.39. The highest BCUT2D eigenvalue weighted by atomic mass is 32.1. The lowest BCUT2D eigenvalue weighted by atomic mass is 9.89. The van der Waals surface area contributed by atoms with Crippen molar-refractivity contribution in [3.05, 3.63) is 56.6 Å². The molecule has 0 unspecified atom stereocenters. The van der Waals surface area contributed by atoms with Gasteiger partial charge in [0.15, 0.2) is 0 Å². The molecule has 3 aromatic heterocycles. The third-order valence-electron chi connectivity index (χ3n) is 6.54. The van der Waals surface area contributed by atoms with Crippen molar-refractivity contribution in [1.82, 2.24) is 19.9 Å². The highest BCUT2D eigenvalue weighted by Crippen LogP contribution is 2.35. The number of hydrogen-bond acceptors (Lipinski definition) is 7. The predicted octanol–water partition coefficient (Wildman–Crippen LogP) is 3.95. The van der Waals surface area contributed by atoms with E-state index in [1.807, 2.05) is 6.07 Å². The summed E-state index contributed by atoms with van der Waals surface area (Å²) >= 11 is 1.21. The van der Waals surface area contributed by atoms with Crippen LogP contribution < -0.4 is 10.3 Å². The first-order valence-corrected chi connectivity index (χ1v) is 11.8. The number of aryl methyl sites for hydroxylation is 1. The number of fused-ring (bicyclic) bond motifs is 2. The van der Waals surface area contributed by atoms with Gasteiger partial charge in [0.05, 0.1) is 26.2 Å². The Balaban J connectivity index is 1.31. The molecular weight excluding hydrogens is 440 g/mol. The van der Waals surface area contributed by atoms with Crippen LogP contribution in [0.4, 0.5) is 0 Å². The zero-order valence-electron chi connectivity index (χ0n) is 18.9. The Morgan fingerprint density at radius 1 is 1.27 bits per heavy atom. The smallest absolute Gasteiger partial charge is 0.348 e. The molecule has 1 aliphatic heterocycles. The molecule has 5 rings (SSSR count). The second kappa shape index (κ2) is 8.64. The molecule has 4 heterocycles. The number of nitrogens with zero attached hydrogens (tertiary/aromatic N) is 2. The van der Waals surface area contributed by atoms with Crippen LogP contribution in [0.3, 0.4) is 0 Å². The van der Waals surface area contributed by atoms with Crippen molar-refractivity contribution in [2.75, 3.05) is 27.3 Å². The Bertz CT molecular complexity index is 1390. The molecule has 172 valence electrons. The van der Waals surface area contributed by atoms with Crippen molar-refractivity contribution in [3.63, 3.8) is 0 Å². The maximum Gasteiger partial charge on any atom is 0.348 e. The molecule has 9 heteroatoms. The molecule has 0 saturated carbocycles. The number of aromatic nitrogens is 3. The van der Waals surface area contributed by atoms with E-state index < -0.39 is 5.97 Å². The predicted molar refractivity (Wildman–Crippen MR) is 128 cm³/mol. The van der Waals surface area contributed by atoms with Gasteiger partial charge in [-0.1, -0.05) is 0 Å². The zero-order chi connectivity index (χ0) is 23.1. The molecule has 1 aromatic carbocycles. The number of carbonyl (C=O) groups is 1. The second-order valence-corrected chi connectivity index (χ2v) is 9.45. The molecule has 33 heavy (non-hydrogen) atoms. The lowest BCUT2D eigenvalue weighted by molar-refractivity contribution is 0.0605. The number of hydrogen-bond donors (Lipinski definition) is 2. The van der Waals surface area contributed by atoms with Crippen molar-refractivity contribution in [3.8, 4) is 5.75 Å². The van der Waals surface area contributed by atoms with Gasteiger partial charge in [-0.25, -0.2) is 9.78 Å². The Kier molecular flexibility index (Phi) is 5.67. The third kappa shape index (κ3) is 3.91. The van der Waals surface area contributed by atoms with Gasteiger partial charge in [-0.3, -0.25) is 9.69 Å². The molecular formula is C24H26N4O4S. The van der Waals surface area contributed by atoms with E-state index in [2.05, 4.69) is 38.2 Å². The number of thiophene rings is 1. The molecule has 0 aliphatic carbocycles. The minimum absolute atomic E-state index is 0.207. The van der Waals surface area contributed by atoms with Crippen LogP contribution in [0, 0.1) is 6.92 Å². The van der Waals surface area contributed by atoms with E-state index in [1.165, 1.54) is 29.4 Å². The van der Waals surface area contributed by atoms with Gasteiger partial charge in [-0.15, -0.1) is 11.3 Å². The summed E-state index contributed by atoms with van der Waals surface area (Å²) in [5.74, 6) is 1.53. The standard InChI is InChI=1S/C24H26N4O4S/c1-13-20-22(29)26-19(27-23(20)33-21(13)24(30)32-3)12-28-8-6-14(7-9-28)17-11-25-18-5-4-15(31-2)10-16(17)18/h4-5,10-11,14,25H,6-9,12H2,1-3H3,(H,26,27,29). The SMILES string of the molecule is COC(=O)c1sc2nc(CN3CCC(c4c[nH]c5ccc(OC)cc45)CC3)[nH]c(=O)c2c1C. The molecule has 0 atom stereocenters. The first kappa shape index (κ1) is 21.7. The maximum atomic E-state index is 12.7. The number of aromatic amines is 2. The summed E-state index contributed by atoms with van der Waals surface area (Å²) in [5, 5.41) is 1.69. The van der Waals surface area contributed by atoms with Gasteiger partial charge in [0.1, 0.15) is 21.3 Å². The first-order chi connectivity index (χ1) is 16.0. The molecule has 0 bridgehead atoms.